The molecule has 0 spiro atoms. The Morgan fingerprint density at radius 1 is 1.26 bits per heavy atom. The Balaban J connectivity index is 2.25. The lowest BCUT2D eigenvalue weighted by Gasteiger charge is -2.20. The summed E-state index contributed by atoms with van der Waals surface area (Å²) in [7, 11) is 0. The minimum atomic E-state index is -0.128. The van der Waals surface area contributed by atoms with Crippen molar-refractivity contribution in [1.82, 2.24) is 9.97 Å². The Hall–Kier alpha value is -2.27. The van der Waals surface area contributed by atoms with Crippen molar-refractivity contribution in [2.75, 3.05) is 11.4 Å². The van der Waals surface area contributed by atoms with Crippen LogP contribution in [0.4, 0.5) is 5.69 Å². The number of pyridine rings is 2. The lowest BCUT2D eigenvalue weighted by molar-refractivity contribution is 0.0983. The first-order valence-electron chi connectivity index (χ1n) is 6.13. The number of carbonyl (C=O) groups excluding carboxylic acids is 1. The van der Waals surface area contributed by atoms with Crippen molar-refractivity contribution in [3.8, 4) is 0 Å². The van der Waals surface area contributed by atoms with Crippen molar-refractivity contribution in [2.24, 2.45) is 5.73 Å². The van der Waals surface area contributed by atoms with E-state index in [-0.39, 0.29) is 5.91 Å². The minimum absolute atomic E-state index is 0.128. The highest BCUT2D eigenvalue weighted by molar-refractivity contribution is 6.04. The van der Waals surface area contributed by atoms with Crippen molar-refractivity contribution in [3.63, 3.8) is 0 Å². The lowest BCUT2D eigenvalue weighted by atomic mass is 10.2. The van der Waals surface area contributed by atoms with Crippen LogP contribution in [0.25, 0.3) is 0 Å². The minimum Gasteiger partial charge on any atom is -0.326 e. The van der Waals surface area contributed by atoms with Gasteiger partial charge in [-0.3, -0.25) is 14.8 Å². The topological polar surface area (TPSA) is 72.1 Å². The third-order valence-corrected chi connectivity index (χ3v) is 2.82. The molecule has 2 heterocycles. The summed E-state index contributed by atoms with van der Waals surface area (Å²) < 4.78 is 0. The number of nitrogens with zero attached hydrogens (tertiary/aromatic N) is 3. The van der Waals surface area contributed by atoms with Crippen molar-refractivity contribution >= 4 is 11.6 Å². The first-order valence-corrected chi connectivity index (χ1v) is 6.13. The van der Waals surface area contributed by atoms with Gasteiger partial charge in [-0.25, -0.2) is 0 Å². The molecule has 2 aromatic rings. The third kappa shape index (κ3) is 2.95. The van der Waals surface area contributed by atoms with Gasteiger partial charge >= 0.3 is 0 Å². The van der Waals surface area contributed by atoms with Crippen LogP contribution in [0.2, 0.25) is 0 Å². The summed E-state index contributed by atoms with van der Waals surface area (Å²) >= 11 is 0. The van der Waals surface area contributed by atoms with Crippen molar-refractivity contribution in [1.29, 1.82) is 0 Å². The second-order valence-electron chi connectivity index (χ2n) is 4.01. The predicted molar refractivity (Wildman–Crippen MR) is 73.7 cm³/mol. The van der Waals surface area contributed by atoms with Crippen LogP contribution in [-0.4, -0.2) is 22.4 Å². The molecule has 1 amide bonds. The molecule has 0 aliphatic heterocycles. The number of carbonyl (C=O) groups is 1. The van der Waals surface area contributed by atoms with Crippen LogP contribution in [0.5, 0.6) is 0 Å². The van der Waals surface area contributed by atoms with Gasteiger partial charge in [0.2, 0.25) is 0 Å². The summed E-state index contributed by atoms with van der Waals surface area (Å²) in [5, 5.41) is 0. The smallest absolute Gasteiger partial charge is 0.276 e. The van der Waals surface area contributed by atoms with E-state index in [1.807, 2.05) is 13.0 Å². The van der Waals surface area contributed by atoms with E-state index in [2.05, 4.69) is 9.97 Å². The lowest BCUT2D eigenvalue weighted by Crippen LogP contribution is -2.31. The third-order valence-electron chi connectivity index (χ3n) is 2.82. The number of aromatic nitrogens is 2. The molecular weight excluding hydrogens is 240 g/mol. The average Bonchev–Trinajstić information content (AvgIpc) is 2.49. The molecule has 0 unspecified atom stereocenters. The van der Waals surface area contributed by atoms with E-state index < -0.39 is 0 Å². The summed E-state index contributed by atoms with van der Waals surface area (Å²) in [6, 6.07) is 7.13. The highest BCUT2D eigenvalue weighted by Crippen LogP contribution is 2.15. The number of hydrogen-bond acceptors (Lipinski definition) is 4. The number of rotatable bonds is 4. The quantitative estimate of drug-likeness (QED) is 0.902. The van der Waals surface area contributed by atoms with Gasteiger partial charge in [0.05, 0.1) is 0 Å². The molecule has 0 radical (unpaired) electrons. The maximum atomic E-state index is 12.4. The molecule has 0 aliphatic rings. The van der Waals surface area contributed by atoms with E-state index >= 15 is 0 Å². The van der Waals surface area contributed by atoms with E-state index in [4.69, 9.17) is 5.73 Å². The Kier molecular flexibility index (Phi) is 4.20. The van der Waals surface area contributed by atoms with Crippen LogP contribution in [0.15, 0.2) is 42.9 Å². The van der Waals surface area contributed by atoms with E-state index in [0.29, 0.717) is 18.8 Å². The zero-order valence-corrected chi connectivity index (χ0v) is 10.8. The second-order valence-corrected chi connectivity index (χ2v) is 4.01. The second kappa shape index (κ2) is 6.06. The maximum Gasteiger partial charge on any atom is 0.276 e. The van der Waals surface area contributed by atoms with E-state index in [9.17, 15) is 4.79 Å². The van der Waals surface area contributed by atoms with Gasteiger partial charge in [0.1, 0.15) is 5.69 Å². The molecule has 0 fully saturated rings. The molecule has 2 N–H and O–H groups in total. The van der Waals surface area contributed by atoms with Crippen LogP contribution in [0, 0.1) is 0 Å². The number of anilines is 1. The molecule has 0 saturated carbocycles. The molecule has 98 valence electrons. The fourth-order valence-corrected chi connectivity index (χ4v) is 1.78. The highest BCUT2D eigenvalue weighted by atomic mass is 16.2. The molecular formula is C14H16N4O. The molecule has 0 aromatic carbocycles. The van der Waals surface area contributed by atoms with E-state index in [0.717, 1.165) is 11.3 Å². The Morgan fingerprint density at radius 2 is 2.00 bits per heavy atom. The summed E-state index contributed by atoms with van der Waals surface area (Å²) in [6.45, 7) is 2.92. The summed E-state index contributed by atoms with van der Waals surface area (Å²) in [4.78, 5) is 22.2. The van der Waals surface area contributed by atoms with E-state index in [1.54, 1.807) is 41.7 Å². The van der Waals surface area contributed by atoms with Gasteiger partial charge < -0.3 is 10.6 Å². The van der Waals surface area contributed by atoms with Gasteiger partial charge in [-0.15, -0.1) is 0 Å². The fourth-order valence-electron chi connectivity index (χ4n) is 1.78. The summed E-state index contributed by atoms with van der Waals surface area (Å²) in [5.41, 5.74) is 7.64. The summed E-state index contributed by atoms with van der Waals surface area (Å²) in [5.74, 6) is -0.128. The Morgan fingerprint density at radius 3 is 2.53 bits per heavy atom. The normalized spacial score (nSPS) is 10.2. The Bertz CT molecular complexity index is 539. The van der Waals surface area contributed by atoms with Crippen LogP contribution in [0.1, 0.15) is 23.0 Å². The van der Waals surface area contributed by atoms with Crippen LogP contribution in [0.3, 0.4) is 0 Å². The number of hydrogen-bond donors (Lipinski definition) is 1. The van der Waals surface area contributed by atoms with Crippen LogP contribution >= 0.6 is 0 Å². The van der Waals surface area contributed by atoms with Crippen molar-refractivity contribution in [2.45, 2.75) is 13.5 Å². The molecule has 2 aromatic heterocycles. The van der Waals surface area contributed by atoms with Crippen LogP contribution in [-0.2, 0) is 6.54 Å². The average molecular weight is 256 g/mol. The van der Waals surface area contributed by atoms with Gasteiger partial charge in [-0.1, -0.05) is 6.07 Å². The molecule has 5 heteroatoms. The van der Waals surface area contributed by atoms with E-state index in [1.165, 1.54) is 0 Å². The molecule has 0 atom stereocenters. The number of amides is 1. The van der Waals surface area contributed by atoms with Gasteiger partial charge in [0, 0.05) is 37.4 Å². The monoisotopic (exact) mass is 256 g/mol. The molecule has 0 saturated heterocycles. The van der Waals surface area contributed by atoms with Crippen LogP contribution < -0.4 is 10.6 Å². The summed E-state index contributed by atoms with van der Waals surface area (Å²) in [6.07, 6.45) is 4.96. The SMILES string of the molecule is CCN(C(=O)c1ccc(CN)cn1)c1ccncc1. The Labute approximate surface area is 112 Å². The first kappa shape index (κ1) is 13.2. The zero-order chi connectivity index (χ0) is 13.7. The van der Waals surface area contributed by atoms with Crippen molar-refractivity contribution in [3.05, 3.63) is 54.1 Å². The molecule has 19 heavy (non-hydrogen) atoms. The molecule has 0 aliphatic carbocycles. The van der Waals surface area contributed by atoms with Gasteiger partial charge in [0.25, 0.3) is 5.91 Å². The van der Waals surface area contributed by atoms with Gasteiger partial charge in [-0.05, 0) is 30.7 Å². The fraction of sp³-hybridized carbons (Fsp3) is 0.214. The largest absolute Gasteiger partial charge is 0.326 e. The maximum absolute atomic E-state index is 12.4. The first-order chi connectivity index (χ1) is 9.26. The zero-order valence-electron chi connectivity index (χ0n) is 10.8. The highest BCUT2D eigenvalue weighted by Gasteiger charge is 2.16. The number of nitrogens with two attached hydrogens (primary N) is 1. The molecule has 2 rings (SSSR count). The van der Waals surface area contributed by atoms with Gasteiger partial charge in [-0.2, -0.15) is 0 Å². The standard InChI is InChI=1S/C14H16N4O/c1-2-18(12-5-7-16-8-6-12)14(19)13-4-3-11(9-15)10-17-13/h3-8,10H,2,9,15H2,1H3. The van der Waals surface area contributed by atoms with Crippen molar-refractivity contribution < 1.29 is 4.79 Å². The molecule has 0 bridgehead atoms. The predicted octanol–water partition coefficient (Wildman–Crippen LogP) is 1.60. The van der Waals surface area contributed by atoms with Gasteiger partial charge in [0.15, 0.2) is 0 Å². The molecule has 5 nitrogen and oxygen atoms in total.